The van der Waals surface area contributed by atoms with Gasteiger partial charge in [0.2, 0.25) is 0 Å². The van der Waals surface area contributed by atoms with Crippen molar-refractivity contribution in [1.82, 2.24) is 0 Å². The van der Waals surface area contributed by atoms with Crippen LogP contribution in [0.4, 0.5) is 5.69 Å². The van der Waals surface area contributed by atoms with Gasteiger partial charge in [-0.2, -0.15) is 5.26 Å². The highest BCUT2D eigenvalue weighted by Gasteiger charge is 2.13. The van der Waals surface area contributed by atoms with Gasteiger partial charge in [0.1, 0.15) is 24.0 Å². The third-order valence-electron chi connectivity index (χ3n) is 4.17. The molecule has 0 aliphatic rings. The molecule has 0 aliphatic heterocycles. The highest BCUT2D eigenvalue weighted by Crippen LogP contribution is 2.31. The van der Waals surface area contributed by atoms with Gasteiger partial charge in [-0.1, -0.05) is 45.2 Å². The van der Waals surface area contributed by atoms with Crippen LogP contribution in [0.2, 0.25) is 10.0 Å². The summed E-state index contributed by atoms with van der Waals surface area (Å²) in [6, 6.07) is 18.2. The van der Waals surface area contributed by atoms with Crippen molar-refractivity contribution < 1.29 is 9.53 Å². The molecular weight excluding hydrogens is 741 g/mol. The van der Waals surface area contributed by atoms with Crippen LogP contribution in [-0.4, -0.2) is 5.91 Å². The van der Waals surface area contributed by atoms with Crippen LogP contribution in [0.1, 0.15) is 11.1 Å². The molecule has 0 atom stereocenters. The zero-order valence-corrected chi connectivity index (χ0v) is 23.5. The Morgan fingerprint density at radius 1 is 1.06 bits per heavy atom. The van der Waals surface area contributed by atoms with Gasteiger partial charge in [0.05, 0.1) is 17.2 Å². The first kappa shape index (κ1) is 25.3. The minimum atomic E-state index is -0.472. The number of halogens is 5. The van der Waals surface area contributed by atoms with E-state index in [9.17, 15) is 10.1 Å². The normalized spacial score (nSPS) is 11.1. The summed E-state index contributed by atoms with van der Waals surface area (Å²) in [6.07, 6.45) is 1.56. The first-order valence-electron chi connectivity index (χ1n) is 9.01. The number of anilines is 1. The smallest absolute Gasteiger partial charge is 0.266 e. The lowest BCUT2D eigenvalue weighted by molar-refractivity contribution is -0.112. The summed E-state index contributed by atoms with van der Waals surface area (Å²) in [5.41, 5.74) is 2.23. The Morgan fingerprint density at radius 2 is 1.72 bits per heavy atom. The zero-order valence-electron chi connectivity index (χ0n) is 16.1. The molecule has 32 heavy (non-hydrogen) atoms. The molecule has 0 spiro atoms. The van der Waals surface area contributed by atoms with Gasteiger partial charge in [-0.05, 0) is 111 Å². The molecule has 0 aliphatic carbocycles. The fourth-order valence-corrected chi connectivity index (χ4v) is 5.35. The second-order valence-corrected chi connectivity index (χ2v) is 10.5. The van der Waals surface area contributed by atoms with Crippen molar-refractivity contribution in [2.24, 2.45) is 0 Å². The van der Waals surface area contributed by atoms with Gasteiger partial charge in [0.15, 0.2) is 0 Å². The van der Waals surface area contributed by atoms with Crippen LogP contribution in [0, 0.1) is 18.5 Å². The number of hydrogen-bond acceptors (Lipinski definition) is 3. The molecule has 0 fully saturated rings. The van der Waals surface area contributed by atoms with Crippen LogP contribution in [0.25, 0.3) is 6.08 Å². The van der Waals surface area contributed by atoms with Crippen LogP contribution in [-0.2, 0) is 11.4 Å². The average Bonchev–Trinajstić information content (AvgIpc) is 2.75. The maximum atomic E-state index is 12.5. The summed E-state index contributed by atoms with van der Waals surface area (Å²) in [7, 11) is 0. The van der Waals surface area contributed by atoms with Crippen LogP contribution in [0.5, 0.6) is 5.75 Å². The number of carbonyl (C=O) groups excluding carboxylic acids is 1. The van der Waals surface area contributed by atoms with Crippen molar-refractivity contribution in [2.45, 2.75) is 6.61 Å². The first-order chi connectivity index (χ1) is 15.3. The van der Waals surface area contributed by atoms with Gasteiger partial charge in [-0.25, -0.2) is 0 Å². The summed E-state index contributed by atoms with van der Waals surface area (Å²) in [5, 5.41) is 13.2. The second kappa shape index (κ2) is 11.7. The van der Waals surface area contributed by atoms with Crippen molar-refractivity contribution in [1.29, 1.82) is 5.26 Å². The van der Waals surface area contributed by atoms with E-state index in [-0.39, 0.29) is 5.57 Å². The molecule has 0 unspecified atom stereocenters. The molecule has 1 amide bonds. The predicted molar refractivity (Wildman–Crippen MR) is 149 cm³/mol. The quantitative estimate of drug-likeness (QED) is 0.157. The SMILES string of the molecule is N#C/C(=C\c1cc(I)c(OCc2ccc(Cl)c(Cl)c2)c(I)c1)C(=O)Nc1ccc(Br)cc1. The molecular formula is C23H13BrCl2I2N2O2. The van der Waals surface area contributed by atoms with Gasteiger partial charge in [0.25, 0.3) is 5.91 Å². The molecule has 3 rings (SSSR count). The van der Waals surface area contributed by atoms with E-state index in [1.54, 1.807) is 30.3 Å². The van der Waals surface area contributed by atoms with Gasteiger partial charge in [0, 0.05) is 10.2 Å². The molecule has 4 nitrogen and oxygen atoms in total. The van der Waals surface area contributed by atoms with Crippen molar-refractivity contribution in [3.05, 3.63) is 93.0 Å². The highest BCUT2D eigenvalue weighted by atomic mass is 127. The molecule has 0 heterocycles. The Kier molecular flexibility index (Phi) is 9.25. The molecule has 0 saturated carbocycles. The fourth-order valence-electron chi connectivity index (χ4n) is 2.63. The van der Waals surface area contributed by atoms with Crippen molar-refractivity contribution >= 4 is 102 Å². The molecule has 0 aromatic heterocycles. The third kappa shape index (κ3) is 6.84. The fraction of sp³-hybridized carbons (Fsp3) is 0.0435. The van der Waals surface area contributed by atoms with Gasteiger partial charge < -0.3 is 10.1 Å². The van der Waals surface area contributed by atoms with Gasteiger partial charge >= 0.3 is 0 Å². The average molecular weight is 754 g/mol. The van der Waals surface area contributed by atoms with E-state index in [0.29, 0.717) is 28.1 Å². The number of nitrogens with zero attached hydrogens (tertiary/aromatic N) is 1. The Morgan fingerprint density at radius 3 is 2.31 bits per heavy atom. The topological polar surface area (TPSA) is 62.1 Å². The number of carbonyl (C=O) groups is 1. The summed E-state index contributed by atoms with van der Waals surface area (Å²) >= 11 is 19.7. The zero-order chi connectivity index (χ0) is 23.3. The Labute approximate surface area is 231 Å². The largest absolute Gasteiger partial charge is 0.487 e. The molecule has 0 saturated heterocycles. The van der Waals surface area contributed by atoms with E-state index in [1.165, 1.54) is 0 Å². The number of nitrogens with one attached hydrogen (secondary N) is 1. The van der Waals surface area contributed by atoms with Crippen LogP contribution in [0.15, 0.2) is 64.6 Å². The van der Waals surface area contributed by atoms with Gasteiger partial charge in [-0.3, -0.25) is 4.79 Å². The Balaban J connectivity index is 1.76. The molecule has 9 heteroatoms. The molecule has 3 aromatic carbocycles. The number of benzene rings is 3. The van der Waals surface area contributed by atoms with Crippen molar-refractivity contribution in [3.8, 4) is 11.8 Å². The van der Waals surface area contributed by atoms with E-state index in [2.05, 4.69) is 66.4 Å². The maximum absolute atomic E-state index is 12.5. The lowest BCUT2D eigenvalue weighted by Crippen LogP contribution is -2.13. The lowest BCUT2D eigenvalue weighted by Gasteiger charge is -2.12. The highest BCUT2D eigenvalue weighted by molar-refractivity contribution is 14.1. The van der Waals surface area contributed by atoms with E-state index in [4.69, 9.17) is 27.9 Å². The molecule has 0 bridgehead atoms. The predicted octanol–water partition coefficient (Wildman–Crippen LogP) is 8.09. The standard InChI is InChI=1S/C23H13BrCl2I2N2O2/c24-16-2-4-17(5-3-16)30-23(31)15(11-29)7-14-9-20(27)22(21(28)10-14)32-12-13-1-6-18(25)19(26)8-13/h1-10H,12H2,(H,30,31)/b15-7+. The van der Waals surface area contributed by atoms with Crippen LogP contribution >= 0.6 is 84.3 Å². The van der Waals surface area contributed by atoms with Gasteiger partial charge in [-0.15, -0.1) is 0 Å². The van der Waals surface area contributed by atoms with E-state index in [0.717, 1.165) is 22.7 Å². The molecule has 3 aromatic rings. The first-order valence-corrected chi connectivity index (χ1v) is 12.7. The molecule has 0 radical (unpaired) electrons. The van der Waals surface area contributed by atoms with E-state index >= 15 is 0 Å². The van der Waals surface area contributed by atoms with Crippen molar-refractivity contribution in [2.75, 3.05) is 5.32 Å². The molecule has 162 valence electrons. The number of nitriles is 1. The monoisotopic (exact) mass is 752 g/mol. The number of hydrogen-bond donors (Lipinski definition) is 1. The summed E-state index contributed by atoms with van der Waals surface area (Å²) in [6.45, 7) is 0.330. The second-order valence-electron chi connectivity index (χ2n) is 6.48. The Hall–Kier alpha value is -1.32. The van der Waals surface area contributed by atoms with Crippen LogP contribution in [0.3, 0.4) is 0 Å². The molecule has 1 N–H and O–H groups in total. The van der Waals surface area contributed by atoms with E-state index < -0.39 is 5.91 Å². The number of ether oxygens (including phenoxy) is 1. The van der Waals surface area contributed by atoms with Crippen LogP contribution < -0.4 is 10.1 Å². The number of rotatable bonds is 6. The van der Waals surface area contributed by atoms with Crippen molar-refractivity contribution in [3.63, 3.8) is 0 Å². The lowest BCUT2D eigenvalue weighted by atomic mass is 10.1. The minimum absolute atomic E-state index is 0.00370. The maximum Gasteiger partial charge on any atom is 0.266 e. The minimum Gasteiger partial charge on any atom is -0.487 e. The Bertz CT molecular complexity index is 1220. The van der Waals surface area contributed by atoms with E-state index in [1.807, 2.05) is 36.4 Å². The number of amides is 1. The summed E-state index contributed by atoms with van der Waals surface area (Å²) < 4.78 is 8.59. The summed E-state index contributed by atoms with van der Waals surface area (Å²) in [5.74, 6) is 0.243. The summed E-state index contributed by atoms with van der Waals surface area (Å²) in [4.78, 5) is 12.5. The third-order valence-corrected chi connectivity index (χ3v) is 7.04.